The zero-order chi connectivity index (χ0) is 11.8. The lowest BCUT2D eigenvalue weighted by molar-refractivity contribution is 0.0952. The molecule has 0 unspecified atom stereocenters. The minimum absolute atomic E-state index is 0.0321. The van der Waals surface area contributed by atoms with E-state index >= 15 is 0 Å². The molecule has 0 aliphatic heterocycles. The highest BCUT2D eigenvalue weighted by molar-refractivity contribution is 5.14. The molecule has 1 saturated carbocycles. The van der Waals surface area contributed by atoms with Gasteiger partial charge in [-0.25, -0.2) is 4.98 Å². The molecular formula is C12H19N3O. The van der Waals surface area contributed by atoms with Gasteiger partial charge in [0.25, 0.3) is 0 Å². The number of nitrogens with zero attached hydrogens (tertiary/aromatic N) is 2. The van der Waals surface area contributed by atoms with Crippen molar-refractivity contribution >= 4 is 0 Å². The second-order valence-electron chi connectivity index (χ2n) is 5.46. The standard InChI is InChI=1S/C12H19N3O/c1-12(2,3)10-6-15-11(7-14-10)16-9-4-8(13)5-9/h6-9H,4-5,13H2,1-3H3. The highest BCUT2D eigenvalue weighted by Gasteiger charge is 2.28. The van der Waals surface area contributed by atoms with Crippen molar-refractivity contribution in [3.8, 4) is 5.88 Å². The quantitative estimate of drug-likeness (QED) is 0.824. The van der Waals surface area contributed by atoms with Crippen LogP contribution in [0, 0.1) is 0 Å². The van der Waals surface area contributed by atoms with Crippen molar-refractivity contribution in [1.29, 1.82) is 0 Å². The molecule has 1 aliphatic rings. The Morgan fingerprint density at radius 1 is 1.25 bits per heavy atom. The largest absolute Gasteiger partial charge is 0.473 e. The normalized spacial score (nSPS) is 25.0. The number of nitrogens with two attached hydrogens (primary N) is 1. The van der Waals surface area contributed by atoms with E-state index in [1.165, 1.54) is 0 Å². The molecule has 0 aromatic carbocycles. The molecule has 0 spiro atoms. The van der Waals surface area contributed by atoms with Crippen LogP contribution in [0.5, 0.6) is 5.88 Å². The van der Waals surface area contributed by atoms with Gasteiger partial charge in [0, 0.05) is 11.5 Å². The molecule has 4 nitrogen and oxygen atoms in total. The van der Waals surface area contributed by atoms with Crippen LogP contribution in [0.3, 0.4) is 0 Å². The Bertz CT molecular complexity index is 350. The van der Waals surface area contributed by atoms with Gasteiger partial charge in [-0.1, -0.05) is 20.8 Å². The topological polar surface area (TPSA) is 61.0 Å². The van der Waals surface area contributed by atoms with Crippen LogP contribution in [0.25, 0.3) is 0 Å². The van der Waals surface area contributed by atoms with Crippen LogP contribution in [-0.4, -0.2) is 22.1 Å². The van der Waals surface area contributed by atoms with Gasteiger partial charge in [0.1, 0.15) is 6.10 Å². The van der Waals surface area contributed by atoms with E-state index in [9.17, 15) is 0 Å². The minimum Gasteiger partial charge on any atom is -0.473 e. The van der Waals surface area contributed by atoms with E-state index in [0.717, 1.165) is 18.5 Å². The first-order valence-corrected chi connectivity index (χ1v) is 5.70. The van der Waals surface area contributed by atoms with Crippen molar-refractivity contribution in [3.05, 3.63) is 18.1 Å². The van der Waals surface area contributed by atoms with Crippen molar-refractivity contribution in [2.24, 2.45) is 5.73 Å². The van der Waals surface area contributed by atoms with Gasteiger partial charge in [-0.3, -0.25) is 4.98 Å². The Hall–Kier alpha value is -1.16. The maximum absolute atomic E-state index is 5.69. The molecular weight excluding hydrogens is 202 g/mol. The highest BCUT2D eigenvalue weighted by Crippen LogP contribution is 2.24. The van der Waals surface area contributed by atoms with E-state index in [4.69, 9.17) is 10.5 Å². The van der Waals surface area contributed by atoms with Gasteiger partial charge in [0.05, 0.1) is 18.1 Å². The minimum atomic E-state index is 0.0321. The zero-order valence-electron chi connectivity index (χ0n) is 10.1. The van der Waals surface area contributed by atoms with Gasteiger partial charge < -0.3 is 10.5 Å². The molecule has 88 valence electrons. The fourth-order valence-electron chi connectivity index (χ4n) is 1.64. The maximum Gasteiger partial charge on any atom is 0.232 e. The Balaban J connectivity index is 1.97. The van der Waals surface area contributed by atoms with Crippen molar-refractivity contribution in [3.63, 3.8) is 0 Å². The molecule has 1 aromatic rings. The number of rotatable bonds is 2. The third-order valence-electron chi connectivity index (χ3n) is 2.82. The highest BCUT2D eigenvalue weighted by atomic mass is 16.5. The second kappa shape index (κ2) is 4.01. The summed E-state index contributed by atoms with van der Waals surface area (Å²) in [5, 5.41) is 0. The first-order chi connectivity index (χ1) is 7.45. The number of hydrogen-bond acceptors (Lipinski definition) is 4. The zero-order valence-corrected chi connectivity index (χ0v) is 10.1. The van der Waals surface area contributed by atoms with Crippen LogP contribution < -0.4 is 10.5 Å². The molecule has 0 amide bonds. The summed E-state index contributed by atoms with van der Waals surface area (Å²) >= 11 is 0. The number of aromatic nitrogens is 2. The van der Waals surface area contributed by atoms with E-state index < -0.39 is 0 Å². The Labute approximate surface area is 96.2 Å². The van der Waals surface area contributed by atoms with Gasteiger partial charge >= 0.3 is 0 Å². The summed E-state index contributed by atoms with van der Waals surface area (Å²) in [5.41, 5.74) is 6.70. The average molecular weight is 221 g/mol. The smallest absolute Gasteiger partial charge is 0.232 e. The fraction of sp³-hybridized carbons (Fsp3) is 0.667. The lowest BCUT2D eigenvalue weighted by atomic mass is 9.90. The van der Waals surface area contributed by atoms with Crippen LogP contribution in [0.15, 0.2) is 12.4 Å². The summed E-state index contributed by atoms with van der Waals surface area (Å²) < 4.78 is 5.63. The van der Waals surface area contributed by atoms with Gasteiger partial charge in [0.2, 0.25) is 5.88 Å². The first kappa shape index (κ1) is 11.3. The maximum atomic E-state index is 5.69. The predicted octanol–water partition coefficient (Wildman–Crippen LogP) is 1.64. The van der Waals surface area contributed by atoms with Gasteiger partial charge in [-0.15, -0.1) is 0 Å². The van der Waals surface area contributed by atoms with Crippen molar-refractivity contribution in [2.75, 3.05) is 0 Å². The van der Waals surface area contributed by atoms with Crippen molar-refractivity contribution < 1.29 is 4.74 Å². The average Bonchev–Trinajstić information content (AvgIpc) is 2.15. The summed E-state index contributed by atoms with van der Waals surface area (Å²) in [7, 11) is 0. The summed E-state index contributed by atoms with van der Waals surface area (Å²) in [6.07, 6.45) is 5.55. The fourth-order valence-corrected chi connectivity index (χ4v) is 1.64. The monoisotopic (exact) mass is 221 g/mol. The summed E-state index contributed by atoms with van der Waals surface area (Å²) in [6, 6.07) is 0.298. The van der Waals surface area contributed by atoms with Crippen LogP contribution >= 0.6 is 0 Å². The SMILES string of the molecule is CC(C)(C)c1cnc(OC2CC(N)C2)cn1. The number of ether oxygens (including phenoxy) is 1. The second-order valence-corrected chi connectivity index (χ2v) is 5.46. The molecule has 2 rings (SSSR count). The predicted molar refractivity (Wildman–Crippen MR) is 62.4 cm³/mol. The Morgan fingerprint density at radius 2 is 1.94 bits per heavy atom. The van der Waals surface area contributed by atoms with E-state index in [-0.39, 0.29) is 11.5 Å². The van der Waals surface area contributed by atoms with E-state index in [1.54, 1.807) is 12.4 Å². The van der Waals surface area contributed by atoms with Crippen molar-refractivity contribution in [1.82, 2.24) is 9.97 Å². The number of hydrogen-bond donors (Lipinski definition) is 1. The van der Waals surface area contributed by atoms with Crippen LogP contribution in [0.4, 0.5) is 0 Å². The van der Waals surface area contributed by atoms with Crippen LogP contribution in [0.2, 0.25) is 0 Å². The molecule has 1 aromatic heterocycles. The molecule has 0 saturated heterocycles. The molecule has 1 aliphatic carbocycles. The third-order valence-corrected chi connectivity index (χ3v) is 2.82. The molecule has 1 heterocycles. The van der Waals surface area contributed by atoms with Gasteiger partial charge in [0.15, 0.2) is 0 Å². The van der Waals surface area contributed by atoms with Crippen LogP contribution in [0.1, 0.15) is 39.3 Å². The van der Waals surface area contributed by atoms with Crippen LogP contribution in [-0.2, 0) is 5.41 Å². The summed E-state index contributed by atoms with van der Waals surface area (Å²) in [4.78, 5) is 8.63. The van der Waals surface area contributed by atoms with Gasteiger partial charge in [-0.05, 0) is 12.8 Å². The Kier molecular flexibility index (Phi) is 2.84. The lowest BCUT2D eigenvalue weighted by Gasteiger charge is -2.32. The lowest BCUT2D eigenvalue weighted by Crippen LogP contribution is -2.43. The molecule has 2 N–H and O–H groups in total. The third kappa shape index (κ3) is 2.50. The Morgan fingerprint density at radius 3 is 2.38 bits per heavy atom. The molecule has 16 heavy (non-hydrogen) atoms. The molecule has 0 atom stereocenters. The van der Waals surface area contributed by atoms with E-state index in [2.05, 4.69) is 30.7 Å². The summed E-state index contributed by atoms with van der Waals surface area (Å²) in [6.45, 7) is 6.34. The summed E-state index contributed by atoms with van der Waals surface area (Å²) in [5.74, 6) is 0.602. The van der Waals surface area contributed by atoms with Crippen molar-refractivity contribution in [2.45, 2.75) is 51.2 Å². The molecule has 4 heteroatoms. The first-order valence-electron chi connectivity index (χ1n) is 5.70. The molecule has 1 fully saturated rings. The molecule has 0 radical (unpaired) electrons. The van der Waals surface area contributed by atoms with E-state index in [1.807, 2.05) is 0 Å². The van der Waals surface area contributed by atoms with E-state index in [0.29, 0.717) is 11.9 Å². The van der Waals surface area contributed by atoms with Gasteiger partial charge in [-0.2, -0.15) is 0 Å². The molecule has 0 bridgehead atoms.